The first kappa shape index (κ1) is 21.0. The Bertz CT molecular complexity index is 1440. The van der Waals surface area contributed by atoms with Gasteiger partial charge in [-0.25, -0.2) is 9.97 Å². The molecule has 0 saturated carbocycles. The van der Waals surface area contributed by atoms with Crippen LogP contribution < -0.4 is 10.1 Å². The average Bonchev–Trinajstić information content (AvgIpc) is 3.50. The van der Waals surface area contributed by atoms with Crippen molar-refractivity contribution in [3.05, 3.63) is 64.9 Å². The highest BCUT2D eigenvalue weighted by molar-refractivity contribution is 7.20. The van der Waals surface area contributed by atoms with E-state index in [1.165, 1.54) is 11.3 Å². The van der Waals surface area contributed by atoms with E-state index < -0.39 is 0 Å². The molecule has 0 bridgehead atoms. The van der Waals surface area contributed by atoms with Gasteiger partial charge >= 0.3 is 0 Å². The summed E-state index contributed by atoms with van der Waals surface area (Å²) in [5.74, 6) is 0.696. The largest absolute Gasteiger partial charge is 0.480 e. The van der Waals surface area contributed by atoms with Crippen molar-refractivity contribution >= 4 is 38.8 Å². The molecule has 0 aliphatic heterocycles. The quantitative estimate of drug-likeness (QED) is 0.394. The van der Waals surface area contributed by atoms with Gasteiger partial charge in [0.05, 0.1) is 41.5 Å². The Labute approximate surface area is 192 Å². The number of ether oxygens (including phenoxy) is 2. The number of nitrogens with zero attached hydrogens (tertiary/aromatic N) is 6. The number of amides is 1. The van der Waals surface area contributed by atoms with Crippen molar-refractivity contribution in [2.75, 3.05) is 19.5 Å². The molecule has 5 heterocycles. The van der Waals surface area contributed by atoms with Crippen LogP contribution in [0.2, 0.25) is 0 Å². The van der Waals surface area contributed by atoms with E-state index in [9.17, 15) is 4.79 Å². The van der Waals surface area contributed by atoms with Crippen molar-refractivity contribution in [3.8, 4) is 5.88 Å². The molecule has 0 atom stereocenters. The van der Waals surface area contributed by atoms with Crippen LogP contribution in [0.4, 0.5) is 5.69 Å². The third kappa shape index (κ3) is 4.03. The van der Waals surface area contributed by atoms with Crippen LogP contribution in [-0.4, -0.2) is 49.3 Å². The van der Waals surface area contributed by atoms with Gasteiger partial charge in [0.1, 0.15) is 17.1 Å². The van der Waals surface area contributed by atoms with E-state index in [2.05, 4.69) is 25.4 Å². The summed E-state index contributed by atoms with van der Waals surface area (Å²) in [7, 11) is 3.13. The number of carbonyl (C=O) groups is 1. The number of pyridine rings is 1. The average molecular weight is 464 g/mol. The van der Waals surface area contributed by atoms with Crippen LogP contribution in [-0.2, 0) is 17.9 Å². The Kier molecular flexibility index (Phi) is 5.48. The second-order valence-electron chi connectivity index (χ2n) is 7.40. The standard InChI is InChI=1S/C22H21N7O3S/c1-13-18-21(32-3)26-16(12-31-2)27-22(18)33-19(13)20(30)25-14-8-23-29(10-14)11-15-9-28-7-5-4-6-17(28)24-15/h4-10H,11-12H2,1-3H3,(H,25,30). The number of carbonyl (C=O) groups excluding carboxylic acids is 1. The number of nitrogens with one attached hydrogen (secondary N) is 1. The van der Waals surface area contributed by atoms with E-state index in [0.717, 1.165) is 22.3 Å². The van der Waals surface area contributed by atoms with Crippen LogP contribution in [0, 0.1) is 6.92 Å². The predicted octanol–water partition coefficient (Wildman–Crippen LogP) is 3.30. The fraction of sp³-hybridized carbons (Fsp3) is 0.227. The van der Waals surface area contributed by atoms with Gasteiger partial charge in [-0.05, 0) is 24.6 Å². The molecule has 0 spiro atoms. The van der Waals surface area contributed by atoms with E-state index in [1.807, 2.05) is 41.9 Å². The normalized spacial score (nSPS) is 11.4. The third-order valence-electron chi connectivity index (χ3n) is 5.11. The van der Waals surface area contributed by atoms with Crippen molar-refractivity contribution in [1.29, 1.82) is 0 Å². The number of thiophene rings is 1. The number of rotatable bonds is 7. The molecule has 0 aromatic carbocycles. The van der Waals surface area contributed by atoms with Crippen LogP contribution in [0.15, 0.2) is 43.0 Å². The highest BCUT2D eigenvalue weighted by atomic mass is 32.1. The van der Waals surface area contributed by atoms with Crippen molar-refractivity contribution in [3.63, 3.8) is 0 Å². The van der Waals surface area contributed by atoms with Gasteiger partial charge in [0.25, 0.3) is 5.91 Å². The molecule has 0 unspecified atom stereocenters. The van der Waals surface area contributed by atoms with Gasteiger partial charge in [0.15, 0.2) is 5.82 Å². The Morgan fingerprint density at radius 2 is 2.06 bits per heavy atom. The van der Waals surface area contributed by atoms with Crippen LogP contribution >= 0.6 is 11.3 Å². The first-order valence-corrected chi connectivity index (χ1v) is 11.0. The first-order chi connectivity index (χ1) is 16.1. The Balaban J connectivity index is 1.36. The molecule has 11 heteroatoms. The molecule has 33 heavy (non-hydrogen) atoms. The molecular formula is C22H21N7O3S. The van der Waals surface area contributed by atoms with Gasteiger partial charge in [-0.15, -0.1) is 11.3 Å². The first-order valence-electron chi connectivity index (χ1n) is 10.1. The minimum atomic E-state index is -0.238. The molecule has 1 N–H and O–H groups in total. The van der Waals surface area contributed by atoms with Gasteiger partial charge in [0, 0.05) is 25.7 Å². The van der Waals surface area contributed by atoms with Crippen molar-refractivity contribution in [2.45, 2.75) is 20.1 Å². The van der Waals surface area contributed by atoms with Gasteiger partial charge < -0.3 is 19.2 Å². The SMILES string of the molecule is COCc1nc(OC)c2c(C)c(C(=O)Nc3cnn(Cc4cn5ccccc5n4)c3)sc2n1. The molecule has 0 fully saturated rings. The van der Waals surface area contributed by atoms with Crippen molar-refractivity contribution < 1.29 is 14.3 Å². The number of aryl methyl sites for hydroxylation is 1. The molecule has 5 aromatic heterocycles. The zero-order chi connectivity index (χ0) is 22.9. The van der Waals surface area contributed by atoms with Crippen LogP contribution in [0.3, 0.4) is 0 Å². The lowest BCUT2D eigenvalue weighted by molar-refractivity contribution is 0.103. The van der Waals surface area contributed by atoms with E-state index in [1.54, 1.807) is 31.3 Å². The van der Waals surface area contributed by atoms with E-state index in [-0.39, 0.29) is 12.5 Å². The van der Waals surface area contributed by atoms with Gasteiger partial charge in [-0.2, -0.15) is 10.1 Å². The summed E-state index contributed by atoms with van der Waals surface area (Å²) in [6, 6.07) is 5.85. The highest BCUT2D eigenvalue weighted by Crippen LogP contribution is 2.35. The summed E-state index contributed by atoms with van der Waals surface area (Å²) in [4.78, 5) is 27.7. The second kappa shape index (κ2) is 8.60. The lowest BCUT2D eigenvalue weighted by Crippen LogP contribution is -2.11. The number of methoxy groups -OCH3 is 2. The maximum atomic E-state index is 13.0. The summed E-state index contributed by atoms with van der Waals surface area (Å²) < 4.78 is 14.3. The minimum Gasteiger partial charge on any atom is -0.480 e. The summed E-state index contributed by atoms with van der Waals surface area (Å²) in [6.07, 6.45) is 7.31. The monoisotopic (exact) mass is 463 g/mol. The van der Waals surface area contributed by atoms with Crippen LogP contribution in [0.25, 0.3) is 15.9 Å². The zero-order valence-electron chi connectivity index (χ0n) is 18.3. The predicted molar refractivity (Wildman–Crippen MR) is 124 cm³/mol. The molecule has 0 radical (unpaired) electrons. The van der Waals surface area contributed by atoms with E-state index >= 15 is 0 Å². The number of aromatic nitrogens is 6. The van der Waals surface area contributed by atoms with Crippen molar-refractivity contribution in [1.82, 2.24) is 29.1 Å². The van der Waals surface area contributed by atoms with Gasteiger partial charge in [-0.1, -0.05) is 6.07 Å². The number of anilines is 1. The molecule has 0 saturated heterocycles. The minimum absolute atomic E-state index is 0.238. The Hall–Kier alpha value is -3.83. The lowest BCUT2D eigenvalue weighted by atomic mass is 10.2. The molecule has 0 aliphatic rings. The summed E-state index contributed by atoms with van der Waals surface area (Å²) >= 11 is 1.29. The Morgan fingerprint density at radius 3 is 2.85 bits per heavy atom. The highest BCUT2D eigenvalue weighted by Gasteiger charge is 2.21. The fourth-order valence-electron chi connectivity index (χ4n) is 3.63. The summed E-state index contributed by atoms with van der Waals surface area (Å²) in [5.41, 5.74) is 3.12. The van der Waals surface area contributed by atoms with E-state index in [4.69, 9.17) is 9.47 Å². The molecule has 0 aliphatic carbocycles. The fourth-order valence-corrected chi connectivity index (χ4v) is 4.72. The Morgan fingerprint density at radius 1 is 1.18 bits per heavy atom. The lowest BCUT2D eigenvalue weighted by Gasteiger charge is -2.05. The zero-order valence-corrected chi connectivity index (χ0v) is 19.1. The molecule has 168 valence electrons. The molecule has 1 amide bonds. The smallest absolute Gasteiger partial charge is 0.266 e. The van der Waals surface area contributed by atoms with Gasteiger partial charge in [0.2, 0.25) is 5.88 Å². The van der Waals surface area contributed by atoms with Crippen molar-refractivity contribution in [2.24, 2.45) is 0 Å². The maximum Gasteiger partial charge on any atom is 0.266 e. The van der Waals surface area contributed by atoms with Crippen LogP contribution in [0.1, 0.15) is 26.8 Å². The van der Waals surface area contributed by atoms with Gasteiger partial charge in [-0.3, -0.25) is 9.48 Å². The second-order valence-corrected chi connectivity index (χ2v) is 8.40. The number of fused-ring (bicyclic) bond motifs is 2. The number of imidazole rings is 1. The summed E-state index contributed by atoms with van der Waals surface area (Å²) in [5, 5.41) is 8.00. The maximum absolute atomic E-state index is 13.0. The topological polar surface area (TPSA) is 108 Å². The molecule has 5 aromatic rings. The number of hydrogen-bond donors (Lipinski definition) is 1. The molecule has 5 rings (SSSR count). The van der Waals surface area contributed by atoms with E-state index in [0.29, 0.717) is 33.6 Å². The van der Waals surface area contributed by atoms with Crippen LogP contribution in [0.5, 0.6) is 5.88 Å². The summed E-state index contributed by atoms with van der Waals surface area (Å²) in [6.45, 7) is 2.62. The number of hydrogen-bond acceptors (Lipinski definition) is 8. The third-order valence-corrected chi connectivity index (χ3v) is 6.29. The molecular weight excluding hydrogens is 442 g/mol. The molecule has 10 nitrogen and oxygen atoms in total.